The fourth-order valence-corrected chi connectivity index (χ4v) is 2.10. The summed E-state index contributed by atoms with van der Waals surface area (Å²) in [5.74, 6) is 1.79. The minimum atomic E-state index is 0.828. The van der Waals surface area contributed by atoms with Crippen LogP contribution >= 0.6 is 0 Å². The molecule has 0 radical (unpaired) electrons. The standard InChI is InChI=1S/C16H27NO2/c1-4-5-6-7-8-11-17-13-14-12-15(18-2)9-10-16(14)19-3/h9-10,12,17H,4-8,11,13H2,1-3H3. The molecule has 0 atom stereocenters. The first kappa shape index (κ1) is 15.8. The Morgan fingerprint density at radius 3 is 2.47 bits per heavy atom. The van der Waals surface area contributed by atoms with Crippen LogP contribution < -0.4 is 14.8 Å². The molecule has 0 spiro atoms. The summed E-state index contributed by atoms with van der Waals surface area (Å²) in [5, 5.41) is 3.47. The molecule has 0 aliphatic heterocycles. The summed E-state index contributed by atoms with van der Waals surface area (Å²) in [7, 11) is 3.39. The lowest BCUT2D eigenvalue weighted by molar-refractivity contribution is 0.397. The average Bonchev–Trinajstić information content (AvgIpc) is 2.46. The molecule has 0 aliphatic carbocycles. The Balaban J connectivity index is 2.31. The molecule has 108 valence electrons. The molecule has 0 fully saturated rings. The predicted octanol–water partition coefficient (Wildman–Crippen LogP) is 3.76. The van der Waals surface area contributed by atoms with E-state index < -0.39 is 0 Å². The largest absolute Gasteiger partial charge is 0.497 e. The fraction of sp³-hybridized carbons (Fsp3) is 0.625. The van der Waals surface area contributed by atoms with Crippen molar-refractivity contribution < 1.29 is 9.47 Å². The number of unbranched alkanes of at least 4 members (excludes halogenated alkanes) is 4. The molecule has 1 aromatic carbocycles. The molecule has 1 rings (SSSR count). The normalized spacial score (nSPS) is 10.5. The minimum absolute atomic E-state index is 0.828. The van der Waals surface area contributed by atoms with Crippen LogP contribution in [-0.2, 0) is 6.54 Å². The summed E-state index contributed by atoms with van der Waals surface area (Å²) in [6.07, 6.45) is 6.56. The van der Waals surface area contributed by atoms with Gasteiger partial charge in [0.15, 0.2) is 0 Å². The van der Waals surface area contributed by atoms with Crippen molar-refractivity contribution in [3.63, 3.8) is 0 Å². The van der Waals surface area contributed by atoms with Crippen LogP contribution in [0.5, 0.6) is 11.5 Å². The van der Waals surface area contributed by atoms with Gasteiger partial charge in [0.2, 0.25) is 0 Å². The zero-order valence-electron chi connectivity index (χ0n) is 12.5. The van der Waals surface area contributed by atoms with Gasteiger partial charge in [-0.3, -0.25) is 0 Å². The van der Waals surface area contributed by atoms with E-state index >= 15 is 0 Å². The highest BCUT2D eigenvalue weighted by atomic mass is 16.5. The maximum atomic E-state index is 5.36. The Morgan fingerprint density at radius 2 is 1.79 bits per heavy atom. The first-order valence-corrected chi connectivity index (χ1v) is 7.23. The molecule has 0 heterocycles. The van der Waals surface area contributed by atoms with Crippen molar-refractivity contribution in [3.8, 4) is 11.5 Å². The van der Waals surface area contributed by atoms with Crippen LogP contribution in [0.2, 0.25) is 0 Å². The molecule has 3 nitrogen and oxygen atoms in total. The topological polar surface area (TPSA) is 30.5 Å². The lowest BCUT2D eigenvalue weighted by Gasteiger charge is -2.11. The van der Waals surface area contributed by atoms with Gasteiger partial charge in [0, 0.05) is 12.1 Å². The predicted molar refractivity (Wildman–Crippen MR) is 80.0 cm³/mol. The number of hydrogen-bond donors (Lipinski definition) is 1. The second-order valence-electron chi connectivity index (χ2n) is 4.77. The molecule has 0 saturated heterocycles. The molecule has 1 aromatic rings. The number of hydrogen-bond acceptors (Lipinski definition) is 3. The van der Waals surface area contributed by atoms with Crippen molar-refractivity contribution in [1.82, 2.24) is 5.32 Å². The quantitative estimate of drug-likeness (QED) is 0.653. The van der Waals surface area contributed by atoms with Crippen molar-refractivity contribution in [1.29, 1.82) is 0 Å². The van der Waals surface area contributed by atoms with Crippen molar-refractivity contribution >= 4 is 0 Å². The second kappa shape index (κ2) is 9.68. The molecule has 0 amide bonds. The monoisotopic (exact) mass is 265 g/mol. The van der Waals surface area contributed by atoms with E-state index in [1.807, 2.05) is 18.2 Å². The Morgan fingerprint density at radius 1 is 1.00 bits per heavy atom. The van der Waals surface area contributed by atoms with Crippen LogP contribution in [0.1, 0.15) is 44.6 Å². The first-order valence-electron chi connectivity index (χ1n) is 7.23. The van der Waals surface area contributed by atoms with Crippen molar-refractivity contribution in [3.05, 3.63) is 23.8 Å². The van der Waals surface area contributed by atoms with Gasteiger partial charge in [-0.1, -0.05) is 32.6 Å². The van der Waals surface area contributed by atoms with Crippen LogP contribution in [-0.4, -0.2) is 20.8 Å². The van der Waals surface area contributed by atoms with E-state index in [0.717, 1.165) is 30.2 Å². The van der Waals surface area contributed by atoms with Crippen molar-refractivity contribution in [2.75, 3.05) is 20.8 Å². The highest BCUT2D eigenvalue weighted by Crippen LogP contribution is 2.23. The average molecular weight is 265 g/mol. The zero-order valence-corrected chi connectivity index (χ0v) is 12.5. The van der Waals surface area contributed by atoms with Gasteiger partial charge < -0.3 is 14.8 Å². The molecular formula is C16H27NO2. The Labute approximate surface area is 117 Å². The Hall–Kier alpha value is -1.22. The van der Waals surface area contributed by atoms with Gasteiger partial charge in [0.25, 0.3) is 0 Å². The summed E-state index contributed by atoms with van der Waals surface area (Å²) in [6, 6.07) is 5.91. The molecule has 0 bridgehead atoms. The van der Waals surface area contributed by atoms with E-state index in [1.54, 1.807) is 14.2 Å². The van der Waals surface area contributed by atoms with Crippen molar-refractivity contribution in [2.45, 2.75) is 45.6 Å². The van der Waals surface area contributed by atoms with E-state index in [9.17, 15) is 0 Å². The van der Waals surface area contributed by atoms with Gasteiger partial charge in [0.05, 0.1) is 14.2 Å². The summed E-state index contributed by atoms with van der Waals surface area (Å²) in [4.78, 5) is 0. The van der Waals surface area contributed by atoms with Crippen LogP contribution in [0, 0.1) is 0 Å². The summed E-state index contributed by atoms with van der Waals surface area (Å²) in [6.45, 7) is 4.13. The Kier molecular flexibility index (Phi) is 8.07. The summed E-state index contributed by atoms with van der Waals surface area (Å²) in [5.41, 5.74) is 1.15. The molecule has 0 aromatic heterocycles. The van der Waals surface area contributed by atoms with Crippen molar-refractivity contribution in [2.24, 2.45) is 0 Å². The van der Waals surface area contributed by atoms with Crippen LogP contribution in [0.25, 0.3) is 0 Å². The molecule has 0 unspecified atom stereocenters. The maximum Gasteiger partial charge on any atom is 0.123 e. The van der Waals surface area contributed by atoms with Crippen LogP contribution in [0.4, 0.5) is 0 Å². The number of nitrogens with one attached hydrogen (secondary N) is 1. The van der Waals surface area contributed by atoms with Gasteiger partial charge in [-0.15, -0.1) is 0 Å². The van der Waals surface area contributed by atoms with Crippen LogP contribution in [0.3, 0.4) is 0 Å². The molecule has 0 saturated carbocycles. The molecule has 3 heteroatoms. The van der Waals surface area contributed by atoms with E-state index in [4.69, 9.17) is 9.47 Å². The van der Waals surface area contributed by atoms with Gasteiger partial charge in [0.1, 0.15) is 11.5 Å². The lowest BCUT2D eigenvalue weighted by Crippen LogP contribution is -2.15. The van der Waals surface area contributed by atoms with E-state index in [0.29, 0.717) is 0 Å². The zero-order chi connectivity index (χ0) is 13.9. The lowest BCUT2D eigenvalue weighted by atomic mass is 10.1. The number of methoxy groups -OCH3 is 2. The molecule has 1 N–H and O–H groups in total. The highest BCUT2D eigenvalue weighted by Gasteiger charge is 2.04. The molecular weight excluding hydrogens is 238 g/mol. The smallest absolute Gasteiger partial charge is 0.123 e. The third kappa shape index (κ3) is 5.97. The SMILES string of the molecule is CCCCCCCNCc1cc(OC)ccc1OC. The summed E-state index contributed by atoms with van der Waals surface area (Å²) < 4.78 is 10.6. The van der Waals surface area contributed by atoms with E-state index in [-0.39, 0.29) is 0 Å². The number of benzene rings is 1. The molecule has 0 aliphatic rings. The minimum Gasteiger partial charge on any atom is -0.497 e. The Bertz CT molecular complexity index is 353. The second-order valence-corrected chi connectivity index (χ2v) is 4.77. The van der Waals surface area contributed by atoms with E-state index in [2.05, 4.69) is 12.2 Å². The van der Waals surface area contributed by atoms with Gasteiger partial charge in [-0.05, 0) is 31.2 Å². The van der Waals surface area contributed by atoms with Gasteiger partial charge in [-0.2, -0.15) is 0 Å². The summed E-state index contributed by atoms with van der Waals surface area (Å²) >= 11 is 0. The van der Waals surface area contributed by atoms with E-state index in [1.165, 1.54) is 32.1 Å². The highest BCUT2D eigenvalue weighted by molar-refractivity contribution is 5.40. The maximum absolute atomic E-state index is 5.36. The first-order chi connectivity index (χ1) is 9.31. The third-order valence-electron chi connectivity index (χ3n) is 3.26. The van der Waals surface area contributed by atoms with Gasteiger partial charge in [-0.25, -0.2) is 0 Å². The molecule has 19 heavy (non-hydrogen) atoms. The number of rotatable bonds is 10. The van der Waals surface area contributed by atoms with Gasteiger partial charge >= 0.3 is 0 Å². The fourth-order valence-electron chi connectivity index (χ4n) is 2.10. The number of ether oxygens (including phenoxy) is 2. The van der Waals surface area contributed by atoms with Crippen LogP contribution in [0.15, 0.2) is 18.2 Å². The third-order valence-corrected chi connectivity index (χ3v) is 3.26.